The summed E-state index contributed by atoms with van der Waals surface area (Å²) in [7, 11) is 1.69. The van der Waals surface area contributed by atoms with E-state index in [4.69, 9.17) is 9.72 Å². The van der Waals surface area contributed by atoms with Crippen LogP contribution in [0.15, 0.2) is 12.1 Å². The summed E-state index contributed by atoms with van der Waals surface area (Å²) in [6.07, 6.45) is 2.10. The first-order valence-electron chi connectivity index (χ1n) is 7.65. The Bertz CT molecular complexity index is 603. The van der Waals surface area contributed by atoms with Crippen LogP contribution in [0.25, 0.3) is 5.65 Å². The number of hydrogen-bond donors (Lipinski definition) is 1. The summed E-state index contributed by atoms with van der Waals surface area (Å²) in [6.45, 7) is 6.74. The van der Waals surface area contributed by atoms with Gasteiger partial charge >= 0.3 is 0 Å². The maximum atomic E-state index is 5.19. The van der Waals surface area contributed by atoms with Gasteiger partial charge in [-0.25, -0.2) is 4.98 Å². The van der Waals surface area contributed by atoms with E-state index >= 15 is 0 Å². The summed E-state index contributed by atoms with van der Waals surface area (Å²) in [6, 6.07) is 4.21. The highest BCUT2D eigenvalue weighted by molar-refractivity contribution is 5.52. The molecule has 6 heteroatoms. The second kappa shape index (κ2) is 6.41. The number of anilines is 1. The Morgan fingerprint density at radius 1 is 1.24 bits per heavy atom. The molecule has 1 N–H and O–H groups in total. The number of ether oxygens (including phenoxy) is 1. The van der Waals surface area contributed by atoms with Crippen molar-refractivity contribution in [1.82, 2.24) is 19.9 Å². The Kier molecular flexibility index (Phi) is 4.36. The van der Waals surface area contributed by atoms with Gasteiger partial charge in [0.2, 0.25) is 0 Å². The summed E-state index contributed by atoms with van der Waals surface area (Å²) < 4.78 is 7.15. The highest BCUT2D eigenvalue weighted by atomic mass is 16.5. The van der Waals surface area contributed by atoms with Gasteiger partial charge < -0.3 is 15.0 Å². The van der Waals surface area contributed by atoms with Crippen molar-refractivity contribution in [3.05, 3.63) is 23.5 Å². The van der Waals surface area contributed by atoms with Crippen LogP contribution in [0.2, 0.25) is 0 Å². The Morgan fingerprint density at radius 3 is 2.76 bits per heavy atom. The summed E-state index contributed by atoms with van der Waals surface area (Å²) in [5.74, 6) is 1.15. The van der Waals surface area contributed by atoms with Crippen LogP contribution < -0.4 is 10.2 Å². The van der Waals surface area contributed by atoms with Crippen LogP contribution in [0.5, 0.6) is 0 Å². The molecule has 0 unspecified atom stereocenters. The van der Waals surface area contributed by atoms with Crippen molar-refractivity contribution >= 4 is 11.5 Å². The van der Waals surface area contributed by atoms with Crippen molar-refractivity contribution in [3.63, 3.8) is 0 Å². The van der Waals surface area contributed by atoms with Gasteiger partial charge in [0.25, 0.3) is 0 Å². The lowest BCUT2D eigenvalue weighted by Crippen LogP contribution is -2.44. The molecule has 0 atom stereocenters. The molecule has 2 aromatic rings. The number of aromatic nitrogens is 3. The molecule has 0 radical (unpaired) electrons. The highest BCUT2D eigenvalue weighted by Crippen LogP contribution is 2.20. The van der Waals surface area contributed by atoms with Gasteiger partial charge in [0.15, 0.2) is 5.65 Å². The smallest absolute Gasteiger partial charge is 0.157 e. The quantitative estimate of drug-likeness (QED) is 0.897. The van der Waals surface area contributed by atoms with Gasteiger partial charge in [-0.3, -0.25) is 0 Å². The first kappa shape index (κ1) is 14.3. The van der Waals surface area contributed by atoms with Crippen molar-refractivity contribution in [2.45, 2.75) is 26.4 Å². The molecule has 2 aromatic heterocycles. The summed E-state index contributed by atoms with van der Waals surface area (Å²) in [5.41, 5.74) is 2.99. The van der Waals surface area contributed by atoms with E-state index in [9.17, 15) is 0 Å². The third kappa shape index (κ3) is 3.01. The topological polar surface area (TPSA) is 54.7 Å². The number of methoxy groups -OCH3 is 1. The second-order valence-electron chi connectivity index (χ2n) is 5.43. The van der Waals surface area contributed by atoms with E-state index in [2.05, 4.69) is 28.3 Å². The molecule has 0 aromatic carbocycles. The lowest BCUT2D eigenvalue weighted by atomic mass is 10.2. The van der Waals surface area contributed by atoms with Gasteiger partial charge in [0.05, 0.1) is 12.3 Å². The number of hydrogen-bond acceptors (Lipinski definition) is 5. The maximum Gasteiger partial charge on any atom is 0.157 e. The van der Waals surface area contributed by atoms with Gasteiger partial charge in [0, 0.05) is 51.1 Å². The van der Waals surface area contributed by atoms with Crippen LogP contribution in [-0.4, -0.2) is 47.9 Å². The molecule has 0 spiro atoms. The molecular weight excluding hydrogens is 266 g/mol. The zero-order chi connectivity index (χ0) is 14.7. The fraction of sp³-hybridized carbons (Fsp3) is 0.600. The van der Waals surface area contributed by atoms with E-state index in [1.54, 1.807) is 7.11 Å². The molecule has 1 fully saturated rings. The minimum Gasteiger partial charge on any atom is -0.378 e. The number of nitrogens with one attached hydrogen (secondary N) is 1. The molecule has 0 bridgehead atoms. The highest BCUT2D eigenvalue weighted by Gasteiger charge is 2.17. The fourth-order valence-corrected chi connectivity index (χ4v) is 2.78. The van der Waals surface area contributed by atoms with Crippen LogP contribution in [0.4, 0.5) is 5.82 Å². The van der Waals surface area contributed by atoms with Crippen molar-refractivity contribution < 1.29 is 4.74 Å². The van der Waals surface area contributed by atoms with Crippen molar-refractivity contribution in [3.8, 4) is 0 Å². The van der Waals surface area contributed by atoms with E-state index in [0.717, 1.165) is 61.9 Å². The van der Waals surface area contributed by atoms with Crippen LogP contribution >= 0.6 is 0 Å². The third-order valence-electron chi connectivity index (χ3n) is 3.75. The lowest BCUT2D eigenvalue weighted by molar-refractivity contribution is 0.181. The molecule has 0 saturated carbocycles. The summed E-state index contributed by atoms with van der Waals surface area (Å²) in [5, 5.41) is 8.04. The van der Waals surface area contributed by atoms with E-state index in [1.807, 2.05) is 10.6 Å². The number of rotatable bonds is 5. The molecule has 6 nitrogen and oxygen atoms in total. The van der Waals surface area contributed by atoms with Crippen LogP contribution in [0, 0.1) is 0 Å². The van der Waals surface area contributed by atoms with Crippen LogP contribution in [0.3, 0.4) is 0 Å². The van der Waals surface area contributed by atoms with Gasteiger partial charge in [-0.1, -0.05) is 13.3 Å². The van der Waals surface area contributed by atoms with Gasteiger partial charge in [0.1, 0.15) is 5.82 Å². The summed E-state index contributed by atoms with van der Waals surface area (Å²) >= 11 is 0. The van der Waals surface area contributed by atoms with Crippen LogP contribution in [-0.2, 0) is 17.8 Å². The van der Waals surface area contributed by atoms with Gasteiger partial charge in [-0.05, 0) is 6.42 Å². The first-order valence-corrected chi connectivity index (χ1v) is 7.65. The molecule has 3 heterocycles. The Labute approximate surface area is 125 Å². The average molecular weight is 289 g/mol. The average Bonchev–Trinajstić information content (AvgIpc) is 2.90. The second-order valence-corrected chi connectivity index (χ2v) is 5.43. The molecule has 114 valence electrons. The largest absolute Gasteiger partial charge is 0.378 e. The molecule has 1 aliphatic rings. The molecular formula is C15H23N5O. The fourth-order valence-electron chi connectivity index (χ4n) is 2.78. The predicted molar refractivity (Wildman–Crippen MR) is 82.8 cm³/mol. The Hall–Kier alpha value is -1.66. The van der Waals surface area contributed by atoms with Crippen molar-refractivity contribution in [2.75, 3.05) is 38.2 Å². The number of fused-ring (bicyclic) bond motifs is 1. The lowest BCUT2D eigenvalue weighted by Gasteiger charge is -2.29. The molecule has 0 aliphatic carbocycles. The zero-order valence-electron chi connectivity index (χ0n) is 12.8. The van der Waals surface area contributed by atoms with E-state index < -0.39 is 0 Å². The molecule has 0 amide bonds. The van der Waals surface area contributed by atoms with Gasteiger partial charge in [-0.15, -0.1) is 0 Å². The monoisotopic (exact) mass is 289 g/mol. The van der Waals surface area contributed by atoms with E-state index in [-0.39, 0.29) is 0 Å². The molecule has 1 aliphatic heterocycles. The molecule has 3 rings (SSSR count). The Balaban J connectivity index is 2.04. The minimum atomic E-state index is 0.521. The van der Waals surface area contributed by atoms with Gasteiger partial charge in [-0.2, -0.15) is 9.61 Å². The number of aryl methyl sites for hydroxylation is 1. The van der Waals surface area contributed by atoms with Crippen LogP contribution in [0.1, 0.15) is 24.7 Å². The SMILES string of the molecule is CCCc1cc(N2CCNCC2)n2nc(COC)cc2n1. The number of piperazine rings is 1. The third-order valence-corrected chi connectivity index (χ3v) is 3.75. The standard InChI is InChI=1S/C15H23N5O/c1-3-4-12-10-15(19-7-5-16-6-8-19)20-14(17-12)9-13(18-20)11-21-2/h9-10,16H,3-8,11H2,1-2H3. The molecule has 21 heavy (non-hydrogen) atoms. The zero-order valence-corrected chi connectivity index (χ0v) is 12.8. The molecule has 1 saturated heterocycles. The maximum absolute atomic E-state index is 5.19. The van der Waals surface area contributed by atoms with E-state index in [0.29, 0.717) is 6.61 Å². The number of nitrogens with zero attached hydrogens (tertiary/aromatic N) is 4. The van der Waals surface area contributed by atoms with E-state index in [1.165, 1.54) is 0 Å². The Morgan fingerprint density at radius 2 is 2.05 bits per heavy atom. The summed E-state index contributed by atoms with van der Waals surface area (Å²) in [4.78, 5) is 7.11. The van der Waals surface area contributed by atoms with Crippen molar-refractivity contribution in [2.24, 2.45) is 0 Å². The predicted octanol–water partition coefficient (Wildman–Crippen LogP) is 1.24. The normalized spacial score (nSPS) is 15.8. The van der Waals surface area contributed by atoms with Crippen molar-refractivity contribution in [1.29, 1.82) is 0 Å². The minimum absolute atomic E-state index is 0.521. The first-order chi connectivity index (χ1) is 10.3.